The highest BCUT2D eigenvalue weighted by molar-refractivity contribution is 6.33. The molecular weight excluding hydrogens is 250 g/mol. The predicted octanol–water partition coefficient (Wildman–Crippen LogP) is 2.69. The van der Waals surface area contributed by atoms with Crippen molar-refractivity contribution in [3.05, 3.63) is 35.4 Å². The van der Waals surface area contributed by atoms with Crippen LogP contribution in [0.1, 0.15) is 26.5 Å². The first-order valence-electron chi connectivity index (χ1n) is 5.72. The van der Waals surface area contributed by atoms with Crippen LogP contribution in [-0.2, 0) is 12.1 Å². The summed E-state index contributed by atoms with van der Waals surface area (Å²) < 4.78 is 1.84. The topological polar surface area (TPSA) is 55.6 Å². The van der Waals surface area contributed by atoms with E-state index in [9.17, 15) is 0 Å². The third-order valence-corrected chi connectivity index (χ3v) is 2.79. The fraction of sp³-hybridized carbons (Fsp3) is 0.417. The summed E-state index contributed by atoms with van der Waals surface area (Å²) in [6, 6.07) is 1.75. The van der Waals surface area contributed by atoms with E-state index in [4.69, 9.17) is 11.6 Å². The average Bonchev–Trinajstić information content (AvgIpc) is 2.76. The number of aromatic nitrogens is 4. The second-order valence-electron chi connectivity index (χ2n) is 5.03. The molecule has 0 saturated carbocycles. The van der Waals surface area contributed by atoms with Crippen molar-refractivity contribution in [3.63, 3.8) is 0 Å². The predicted molar refractivity (Wildman–Crippen MR) is 71.6 cm³/mol. The zero-order valence-corrected chi connectivity index (χ0v) is 11.4. The van der Waals surface area contributed by atoms with Crippen molar-refractivity contribution in [1.29, 1.82) is 0 Å². The number of pyridine rings is 1. The Morgan fingerprint density at radius 3 is 2.78 bits per heavy atom. The number of nitrogens with one attached hydrogen (secondary N) is 1. The molecule has 2 heterocycles. The van der Waals surface area contributed by atoms with Crippen molar-refractivity contribution in [2.24, 2.45) is 0 Å². The van der Waals surface area contributed by atoms with Gasteiger partial charge in [-0.15, -0.1) is 5.10 Å². The molecule has 6 heteroatoms. The lowest BCUT2D eigenvalue weighted by Gasteiger charge is -2.17. The van der Waals surface area contributed by atoms with Crippen LogP contribution in [0, 0.1) is 0 Å². The molecule has 0 aliphatic carbocycles. The molecule has 0 unspecified atom stereocenters. The van der Waals surface area contributed by atoms with Crippen LogP contribution in [0.3, 0.4) is 0 Å². The van der Waals surface area contributed by atoms with Crippen LogP contribution in [-0.4, -0.2) is 20.0 Å². The molecule has 2 aromatic heterocycles. The number of anilines is 1. The molecule has 0 spiro atoms. The molecular formula is C12H16ClN5. The molecule has 0 aromatic carbocycles. The Morgan fingerprint density at radius 2 is 2.17 bits per heavy atom. The SMILES string of the molecule is CC(C)(C)n1cc(CNc2cnccc2Cl)nn1. The van der Waals surface area contributed by atoms with E-state index in [1.807, 2.05) is 10.9 Å². The quantitative estimate of drug-likeness (QED) is 0.927. The normalized spacial score (nSPS) is 11.6. The monoisotopic (exact) mass is 265 g/mol. The Bertz CT molecular complexity index is 529. The molecule has 5 nitrogen and oxygen atoms in total. The molecule has 0 aliphatic rings. The summed E-state index contributed by atoms with van der Waals surface area (Å²) in [7, 11) is 0. The average molecular weight is 266 g/mol. The van der Waals surface area contributed by atoms with Gasteiger partial charge in [-0.05, 0) is 26.8 Å². The summed E-state index contributed by atoms with van der Waals surface area (Å²) in [5.41, 5.74) is 1.60. The van der Waals surface area contributed by atoms with Gasteiger partial charge in [-0.2, -0.15) is 0 Å². The molecule has 2 aromatic rings. The molecule has 0 aliphatic heterocycles. The van der Waals surface area contributed by atoms with Crippen molar-refractivity contribution in [3.8, 4) is 0 Å². The van der Waals surface area contributed by atoms with Crippen molar-refractivity contribution >= 4 is 17.3 Å². The minimum absolute atomic E-state index is 0.0583. The maximum absolute atomic E-state index is 6.02. The Kier molecular flexibility index (Phi) is 3.52. The lowest BCUT2D eigenvalue weighted by atomic mass is 10.1. The van der Waals surface area contributed by atoms with E-state index < -0.39 is 0 Å². The van der Waals surface area contributed by atoms with Crippen LogP contribution < -0.4 is 5.32 Å². The molecule has 1 N–H and O–H groups in total. The molecule has 0 atom stereocenters. The van der Waals surface area contributed by atoms with Crippen molar-refractivity contribution in [1.82, 2.24) is 20.0 Å². The Hall–Kier alpha value is -1.62. The highest BCUT2D eigenvalue weighted by Gasteiger charge is 2.14. The van der Waals surface area contributed by atoms with Crippen LogP contribution in [0.4, 0.5) is 5.69 Å². The maximum Gasteiger partial charge on any atom is 0.102 e. The zero-order chi connectivity index (χ0) is 13.2. The molecule has 18 heavy (non-hydrogen) atoms. The smallest absolute Gasteiger partial charge is 0.102 e. The van der Waals surface area contributed by atoms with Gasteiger partial charge in [0.2, 0.25) is 0 Å². The lowest BCUT2D eigenvalue weighted by Crippen LogP contribution is -2.22. The van der Waals surface area contributed by atoms with E-state index in [1.165, 1.54) is 0 Å². The zero-order valence-electron chi connectivity index (χ0n) is 10.7. The van der Waals surface area contributed by atoms with Gasteiger partial charge >= 0.3 is 0 Å². The summed E-state index contributed by atoms with van der Waals surface area (Å²) in [5, 5.41) is 12.0. The van der Waals surface area contributed by atoms with Crippen LogP contribution in [0.15, 0.2) is 24.7 Å². The summed E-state index contributed by atoms with van der Waals surface area (Å²) >= 11 is 6.02. The standard InChI is InChI=1S/C12H16ClN5/c1-12(2,3)18-8-9(16-17-18)6-15-11-7-14-5-4-10(11)13/h4-5,7-8,15H,6H2,1-3H3. The molecule has 2 rings (SSSR count). The van der Waals surface area contributed by atoms with Gasteiger partial charge in [-0.1, -0.05) is 16.8 Å². The second kappa shape index (κ2) is 4.94. The van der Waals surface area contributed by atoms with Gasteiger partial charge in [0.25, 0.3) is 0 Å². The van der Waals surface area contributed by atoms with Gasteiger partial charge in [-0.3, -0.25) is 4.98 Å². The highest BCUT2D eigenvalue weighted by atomic mass is 35.5. The number of nitrogens with zero attached hydrogens (tertiary/aromatic N) is 4. The van der Waals surface area contributed by atoms with Crippen LogP contribution >= 0.6 is 11.6 Å². The van der Waals surface area contributed by atoms with Gasteiger partial charge in [-0.25, -0.2) is 4.68 Å². The minimum atomic E-state index is -0.0583. The molecule has 96 valence electrons. The summed E-state index contributed by atoms with van der Waals surface area (Å²) in [4.78, 5) is 4.01. The number of hydrogen-bond donors (Lipinski definition) is 1. The van der Waals surface area contributed by atoms with Crippen molar-refractivity contribution in [2.75, 3.05) is 5.32 Å². The van der Waals surface area contributed by atoms with Gasteiger partial charge < -0.3 is 5.32 Å². The fourth-order valence-electron chi connectivity index (χ4n) is 1.40. The van der Waals surface area contributed by atoms with Gasteiger partial charge in [0.05, 0.1) is 35.2 Å². The number of hydrogen-bond acceptors (Lipinski definition) is 4. The van der Waals surface area contributed by atoms with Crippen molar-refractivity contribution in [2.45, 2.75) is 32.9 Å². The van der Waals surface area contributed by atoms with Crippen LogP contribution in [0.5, 0.6) is 0 Å². The van der Waals surface area contributed by atoms with E-state index in [0.29, 0.717) is 11.6 Å². The van der Waals surface area contributed by atoms with Crippen LogP contribution in [0.2, 0.25) is 5.02 Å². The van der Waals surface area contributed by atoms with E-state index >= 15 is 0 Å². The number of rotatable bonds is 3. The van der Waals surface area contributed by atoms with E-state index in [1.54, 1.807) is 18.5 Å². The summed E-state index contributed by atoms with van der Waals surface area (Å²) in [5.74, 6) is 0. The third kappa shape index (κ3) is 2.98. The summed E-state index contributed by atoms with van der Waals surface area (Å²) in [6.45, 7) is 6.81. The molecule has 0 bridgehead atoms. The van der Waals surface area contributed by atoms with Gasteiger partial charge in [0, 0.05) is 6.20 Å². The lowest BCUT2D eigenvalue weighted by molar-refractivity contribution is 0.347. The number of halogens is 1. The Labute approximate surface area is 111 Å². The third-order valence-electron chi connectivity index (χ3n) is 2.46. The highest BCUT2D eigenvalue weighted by Crippen LogP contribution is 2.19. The van der Waals surface area contributed by atoms with E-state index in [2.05, 4.69) is 41.4 Å². The summed E-state index contributed by atoms with van der Waals surface area (Å²) in [6.07, 6.45) is 5.27. The van der Waals surface area contributed by atoms with E-state index in [0.717, 1.165) is 11.4 Å². The van der Waals surface area contributed by atoms with Crippen molar-refractivity contribution < 1.29 is 0 Å². The second-order valence-corrected chi connectivity index (χ2v) is 5.44. The first-order valence-corrected chi connectivity index (χ1v) is 6.10. The van der Waals surface area contributed by atoms with Gasteiger partial charge in [0.15, 0.2) is 0 Å². The van der Waals surface area contributed by atoms with Gasteiger partial charge in [0.1, 0.15) is 5.69 Å². The molecule has 0 amide bonds. The molecule has 0 radical (unpaired) electrons. The first kappa shape index (κ1) is 12.8. The maximum atomic E-state index is 6.02. The van der Waals surface area contributed by atoms with Crippen LogP contribution in [0.25, 0.3) is 0 Å². The molecule has 0 saturated heterocycles. The Morgan fingerprint density at radius 1 is 1.39 bits per heavy atom. The minimum Gasteiger partial charge on any atom is -0.377 e. The largest absolute Gasteiger partial charge is 0.377 e. The first-order chi connectivity index (χ1) is 8.47. The molecule has 0 fully saturated rings. The van der Waals surface area contributed by atoms with E-state index in [-0.39, 0.29) is 5.54 Å². The fourth-order valence-corrected chi connectivity index (χ4v) is 1.57. The Balaban J connectivity index is 2.03.